The van der Waals surface area contributed by atoms with Crippen LogP contribution in [0.5, 0.6) is 0 Å². The highest BCUT2D eigenvalue weighted by Crippen LogP contribution is 2.22. The van der Waals surface area contributed by atoms with Crippen molar-refractivity contribution in [1.82, 2.24) is 9.88 Å². The van der Waals surface area contributed by atoms with Gasteiger partial charge in [-0.25, -0.2) is 0 Å². The lowest BCUT2D eigenvalue weighted by Crippen LogP contribution is -2.23. The number of hydrogen-bond donors (Lipinski definition) is 1. The van der Waals surface area contributed by atoms with Crippen LogP contribution < -0.4 is 5.32 Å². The molecule has 0 aliphatic heterocycles. The average molecular weight is 234 g/mol. The molecule has 96 valence electrons. The van der Waals surface area contributed by atoms with E-state index in [4.69, 9.17) is 0 Å². The molecule has 0 amide bonds. The molecule has 2 nitrogen and oxygen atoms in total. The summed E-state index contributed by atoms with van der Waals surface area (Å²) in [6.45, 7) is 5.61. The lowest BCUT2D eigenvalue weighted by Gasteiger charge is -2.21. The molecule has 1 fully saturated rings. The molecular weight excluding hydrogens is 208 g/mol. The van der Waals surface area contributed by atoms with E-state index in [1.54, 1.807) is 0 Å². The fourth-order valence-electron chi connectivity index (χ4n) is 2.80. The number of hydrogen-bond acceptors (Lipinski definition) is 1. The van der Waals surface area contributed by atoms with E-state index in [9.17, 15) is 0 Å². The Morgan fingerprint density at radius 1 is 1.29 bits per heavy atom. The summed E-state index contributed by atoms with van der Waals surface area (Å²) >= 11 is 0. The zero-order chi connectivity index (χ0) is 11.9. The zero-order valence-electron chi connectivity index (χ0n) is 11.1. The molecule has 0 spiro atoms. The lowest BCUT2D eigenvalue weighted by molar-refractivity contribution is 0.342. The number of aromatic nitrogens is 1. The summed E-state index contributed by atoms with van der Waals surface area (Å²) in [6.07, 6.45) is 12.9. The van der Waals surface area contributed by atoms with Crippen molar-refractivity contribution in [2.75, 3.05) is 6.54 Å². The second-order valence-corrected chi connectivity index (χ2v) is 5.39. The van der Waals surface area contributed by atoms with Gasteiger partial charge in [0.2, 0.25) is 0 Å². The summed E-state index contributed by atoms with van der Waals surface area (Å²) in [5, 5.41) is 3.61. The highest BCUT2D eigenvalue weighted by atomic mass is 14.9. The van der Waals surface area contributed by atoms with Crippen LogP contribution in [0, 0.1) is 5.92 Å². The first kappa shape index (κ1) is 12.7. The molecule has 1 aromatic heterocycles. The minimum absolute atomic E-state index is 0.932. The Bertz CT molecular complexity index is 310. The van der Waals surface area contributed by atoms with Crippen LogP contribution in [0.25, 0.3) is 0 Å². The van der Waals surface area contributed by atoms with E-state index in [-0.39, 0.29) is 0 Å². The number of rotatable bonds is 6. The van der Waals surface area contributed by atoms with Gasteiger partial charge in [-0.05, 0) is 43.4 Å². The van der Waals surface area contributed by atoms with Crippen LogP contribution in [0.1, 0.15) is 51.0 Å². The van der Waals surface area contributed by atoms with Crippen molar-refractivity contribution in [3.8, 4) is 0 Å². The van der Waals surface area contributed by atoms with E-state index in [1.165, 1.54) is 50.6 Å². The van der Waals surface area contributed by atoms with E-state index in [0.717, 1.165) is 19.0 Å². The van der Waals surface area contributed by atoms with Crippen LogP contribution in [0.3, 0.4) is 0 Å². The van der Waals surface area contributed by atoms with Gasteiger partial charge in [-0.2, -0.15) is 0 Å². The molecular formula is C15H26N2. The molecule has 1 saturated carbocycles. The van der Waals surface area contributed by atoms with Crippen molar-refractivity contribution in [1.29, 1.82) is 0 Å². The Morgan fingerprint density at radius 2 is 2.12 bits per heavy atom. The quantitative estimate of drug-likeness (QED) is 0.796. The third-order valence-corrected chi connectivity index (χ3v) is 3.78. The maximum atomic E-state index is 3.61. The first-order chi connectivity index (χ1) is 8.38. The van der Waals surface area contributed by atoms with Crippen molar-refractivity contribution in [3.63, 3.8) is 0 Å². The zero-order valence-corrected chi connectivity index (χ0v) is 11.1. The van der Waals surface area contributed by atoms with Gasteiger partial charge in [0.25, 0.3) is 0 Å². The molecule has 0 aromatic carbocycles. The topological polar surface area (TPSA) is 17.0 Å². The standard InChI is InChI=1S/C15H26N2/c1-2-9-17-10-8-15(13-17)12-16-11-14-6-4-3-5-7-14/h8,10,13-14,16H,2-7,9,11-12H2,1H3. The van der Waals surface area contributed by atoms with E-state index in [2.05, 4.69) is 35.3 Å². The molecule has 1 N–H and O–H groups in total. The van der Waals surface area contributed by atoms with E-state index >= 15 is 0 Å². The first-order valence-corrected chi connectivity index (χ1v) is 7.24. The number of aryl methyl sites for hydroxylation is 1. The molecule has 1 heterocycles. The van der Waals surface area contributed by atoms with Crippen molar-refractivity contribution in [2.24, 2.45) is 5.92 Å². The second-order valence-electron chi connectivity index (χ2n) is 5.39. The van der Waals surface area contributed by atoms with Gasteiger partial charge in [0.1, 0.15) is 0 Å². The van der Waals surface area contributed by atoms with Gasteiger partial charge < -0.3 is 9.88 Å². The third-order valence-electron chi connectivity index (χ3n) is 3.78. The Kier molecular flexibility index (Phi) is 5.11. The van der Waals surface area contributed by atoms with Gasteiger partial charge in [-0.3, -0.25) is 0 Å². The number of nitrogens with one attached hydrogen (secondary N) is 1. The molecule has 1 aromatic rings. The highest BCUT2D eigenvalue weighted by Gasteiger charge is 2.12. The molecule has 2 rings (SSSR count). The molecule has 17 heavy (non-hydrogen) atoms. The molecule has 1 aliphatic rings. The summed E-state index contributed by atoms with van der Waals surface area (Å²) in [6, 6.07) is 2.24. The van der Waals surface area contributed by atoms with Crippen LogP contribution in [0.15, 0.2) is 18.5 Å². The van der Waals surface area contributed by atoms with Crippen LogP contribution in [0.4, 0.5) is 0 Å². The van der Waals surface area contributed by atoms with Crippen molar-refractivity contribution in [3.05, 3.63) is 24.0 Å². The summed E-state index contributed by atoms with van der Waals surface area (Å²) in [5.41, 5.74) is 1.43. The Labute approximate surface area is 105 Å². The predicted molar refractivity (Wildman–Crippen MR) is 73.0 cm³/mol. The van der Waals surface area contributed by atoms with Gasteiger partial charge >= 0.3 is 0 Å². The molecule has 0 atom stereocenters. The van der Waals surface area contributed by atoms with Gasteiger partial charge in [0, 0.05) is 25.5 Å². The first-order valence-electron chi connectivity index (χ1n) is 7.24. The van der Waals surface area contributed by atoms with E-state index < -0.39 is 0 Å². The molecule has 1 aliphatic carbocycles. The smallest absolute Gasteiger partial charge is 0.0220 e. The SMILES string of the molecule is CCCn1ccc(CNCC2CCCCC2)c1. The van der Waals surface area contributed by atoms with Crippen LogP contribution >= 0.6 is 0 Å². The van der Waals surface area contributed by atoms with E-state index in [0.29, 0.717) is 0 Å². The van der Waals surface area contributed by atoms with Crippen molar-refractivity contribution < 1.29 is 0 Å². The maximum absolute atomic E-state index is 3.61. The maximum Gasteiger partial charge on any atom is 0.0220 e. The average Bonchev–Trinajstić information content (AvgIpc) is 2.79. The second kappa shape index (κ2) is 6.85. The van der Waals surface area contributed by atoms with Crippen LogP contribution in [0.2, 0.25) is 0 Å². The predicted octanol–water partition coefficient (Wildman–Crippen LogP) is 3.57. The molecule has 0 saturated heterocycles. The molecule has 2 heteroatoms. The normalized spacial score (nSPS) is 17.5. The monoisotopic (exact) mass is 234 g/mol. The van der Waals surface area contributed by atoms with Gasteiger partial charge in [-0.1, -0.05) is 26.2 Å². The Morgan fingerprint density at radius 3 is 2.88 bits per heavy atom. The van der Waals surface area contributed by atoms with Crippen LogP contribution in [-0.2, 0) is 13.1 Å². The number of nitrogens with zero attached hydrogens (tertiary/aromatic N) is 1. The van der Waals surface area contributed by atoms with Gasteiger partial charge in [-0.15, -0.1) is 0 Å². The van der Waals surface area contributed by atoms with Gasteiger partial charge in [0.15, 0.2) is 0 Å². The van der Waals surface area contributed by atoms with Crippen molar-refractivity contribution in [2.45, 2.75) is 58.5 Å². The fourth-order valence-corrected chi connectivity index (χ4v) is 2.80. The summed E-state index contributed by atoms with van der Waals surface area (Å²) in [4.78, 5) is 0. The molecule has 0 unspecified atom stereocenters. The Balaban J connectivity index is 1.66. The lowest BCUT2D eigenvalue weighted by atomic mass is 9.89. The van der Waals surface area contributed by atoms with E-state index in [1.807, 2.05) is 0 Å². The van der Waals surface area contributed by atoms with Gasteiger partial charge in [0.05, 0.1) is 0 Å². The third kappa shape index (κ3) is 4.19. The van der Waals surface area contributed by atoms with Crippen molar-refractivity contribution >= 4 is 0 Å². The fraction of sp³-hybridized carbons (Fsp3) is 0.733. The molecule has 0 radical (unpaired) electrons. The van der Waals surface area contributed by atoms with Crippen LogP contribution in [-0.4, -0.2) is 11.1 Å². The largest absolute Gasteiger partial charge is 0.354 e. The summed E-state index contributed by atoms with van der Waals surface area (Å²) in [5.74, 6) is 0.932. The minimum Gasteiger partial charge on any atom is -0.354 e. The molecule has 0 bridgehead atoms. The summed E-state index contributed by atoms with van der Waals surface area (Å²) in [7, 11) is 0. The highest BCUT2D eigenvalue weighted by molar-refractivity contribution is 5.09. The summed E-state index contributed by atoms with van der Waals surface area (Å²) < 4.78 is 2.29. The minimum atomic E-state index is 0.932. The Hall–Kier alpha value is -0.760.